The first-order chi connectivity index (χ1) is 37.6. The number of allylic oxidation sites excluding steroid dienone is 4. The van der Waals surface area contributed by atoms with Crippen LogP contribution in [0.5, 0.6) is 0 Å². The van der Waals surface area contributed by atoms with Crippen molar-refractivity contribution in [3.8, 4) is 0 Å². The summed E-state index contributed by atoms with van der Waals surface area (Å²) in [6, 6.07) is 0. The van der Waals surface area contributed by atoms with Gasteiger partial charge < -0.3 is 64.2 Å². The highest BCUT2D eigenvalue weighted by Crippen LogP contribution is 2.27. The molecule has 11 unspecified atom stereocenters. The van der Waals surface area contributed by atoms with Crippen LogP contribution in [-0.4, -0.2) is 142 Å². The van der Waals surface area contributed by atoms with E-state index in [-0.39, 0.29) is 25.6 Å². The largest absolute Gasteiger partial charge is 0.457 e. The Balaban J connectivity index is 1.66. The van der Waals surface area contributed by atoms with E-state index in [9.17, 15) is 40.5 Å². The van der Waals surface area contributed by atoms with Crippen LogP contribution >= 0.6 is 0 Å². The highest BCUT2D eigenvalue weighted by atomic mass is 16.7. The minimum Gasteiger partial charge on any atom is -0.457 e. The Bertz CT molecular complexity index is 1370. The Kier molecular flexibility index (Phi) is 46.7. The molecule has 454 valence electrons. The van der Waals surface area contributed by atoms with Crippen molar-refractivity contribution in [3.05, 3.63) is 24.3 Å². The number of esters is 1. The average Bonchev–Trinajstić information content (AvgIpc) is 3.43. The third kappa shape index (κ3) is 36.5. The first-order valence-electron chi connectivity index (χ1n) is 31.9. The van der Waals surface area contributed by atoms with E-state index in [1.165, 1.54) is 193 Å². The lowest BCUT2D eigenvalue weighted by molar-refractivity contribution is -0.332. The molecule has 11 atom stereocenters. The van der Waals surface area contributed by atoms with E-state index in [1.807, 2.05) is 0 Å². The molecule has 0 aliphatic carbocycles. The van der Waals surface area contributed by atoms with Crippen LogP contribution in [0.1, 0.15) is 271 Å². The van der Waals surface area contributed by atoms with Gasteiger partial charge >= 0.3 is 5.97 Å². The zero-order valence-electron chi connectivity index (χ0n) is 49.0. The van der Waals surface area contributed by atoms with Crippen LogP contribution in [0, 0.1) is 0 Å². The number of hydrogen-bond acceptors (Lipinski definition) is 14. The molecule has 14 nitrogen and oxygen atoms in total. The van der Waals surface area contributed by atoms with Gasteiger partial charge in [0.05, 0.1) is 26.4 Å². The maximum absolute atomic E-state index is 13.1. The fourth-order valence-electron chi connectivity index (χ4n) is 10.3. The fourth-order valence-corrected chi connectivity index (χ4v) is 10.3. The van der Waals surface area contributed by atoms with Gasteiger partial charge in [-0.1, -0.05) is 244 Å². The van der Waals surface area contributed by atoms with Gasteiger partial charge in [0.1, 0.15) is 54.9 Å². The Hall–Kier alpha value is -1.53. The number of hydrogen-bond donors (Lipinski definition) is 7. The van der Waals surface area contributed by atoms with Crippen LogP contribution in [0.15, 0.2) is 24.3 Å². The zero-order chi connectivity index (χ0) is 55.8. The van der Waals surface area contributed by atoms with E-state index in [4.69, 9.17) is 28.4 Å². The zero-order valence-corrected chi connectivity index (χ0v) is 49.0. The van der Waals surface area contributed by atoms with Gasteiger partial charge in [-0.2, -0.15) is 0 Å². The lowest BCUT2D eigenvalue weighted by Crippen LogP contribution is -2.61. The molecule has 7 N–H and O–H groups in total. The molecule has 0 amide bonds. The summed E-state index contributed by atoms with van der Waals surface area (Å²) in [7, 11) is 0. The standard InChI is InChI=1S/C63H118O14/c1-3-5-7-9-11-13-15-17-19-21-23-24-25-26-27-29-31-33-35-37-39-41-43-45-47-72-49-52(75-55(65)46-44-42-40-38-36-34-32-30-28-22-20-18-16-14-12-10-8-6-4-2)50-73-62-61(71)59(69)57(67)54(77-62)51-74-63-60(70)58(68)56(66)53(48-64)76-63/h12,14,18,20,52-54,56-64,66-71H,3-11,13,15-17,19,21-51H2,1-2H3/b14-12-,20-18-. The van der Waals surface area contributed by atoms with Gasteiger partial charge in [-0.25, -0.2) is 0 Å². The van der Waals surface area contributed by atoms with Gasteiger partial charge in [-0.3, -0.25) is 4.79 Å². The van der Waals surface area contributed by atoms with Gasteiger partial charge in [0.2, 0.25) is 0 Å². The SMILES string of the molecule is CCCCC/C=C\C/C=C\CCCCCCCCCCCC(=O)OC(COCCCCCCCCCCCCCCCCCCCCCCCCCC)COC1OC(COC2OC(CO)C(O)C(O)C2O)C(O)C(O)C1O. The van der Waals surface area contributed by atoms with E-state index < -0.39 is 80.7 Å². The lowest BCUT2D eigenvalue weighted by atomic mass is 9.98. The Morgan fingerprint density at radius 2 is 0.805 bits per heavy atom. The summed E-state index contributed by atoms with van der Waals surface area (Å²) in [6.45, 7) is 3.72. The van der Waals surface area contributed by atoms with Crippen molar-refractivity contribution < 1.29 is 69.0 Å². The minimum absolute atomic E-state index is 0.0650. The molecular formula is C63H118O14. The summed E-state index contributed by atoms with van der Waals surface area (Å²) in [4.78, 5) is 13.1. The maximum atomic E-state index is 13.1. The van der Waals surface area contributed by atoms with Crippen LogP contribution in [-0.2, 0) is 33.2 Å². The maximum Gasteiger partial charge on any atom is 0.306 e. The average molecular weight is 1100 g/mol. The number of carbonyl (C=O) groups excluding carboxylic acids is 1. The molecule has 77 heavy (non-hydrogen) atoms. The predicted octanol–water partition coefficient (Wildman–Crippen LogP) is 12.3. The Morgan fingerprint density at radius 3 is 1.27 bits per heavy atom. The molecule has 0 saturated carbocycles. The Labute approximate surface area is 468 Å². The summed E-state index contributed by atoms with van der Waals surface area (Å²) < 4.78 is 34.5. The van der Waals surface area contributed by atoms with Crippen molar-refractivity contribution in [3.63, 3.8) is 0 Å². The van der Waals surface area contributed by atoms with Gasteiger partial charge in [-0.15, -0.1) is 0 Å². The molecule has 2 heterocycles. The molecule has 2 rings (SSSR count). The van der Waals surface area contributed by atoms with E-state index in [1.54, 1.807) is 0 Å². The van der Waals surface area contributed by atoms with Crippen molar-refractivity contribution in [2.75, 3.05) is 33.0 Å². The van der Waals surface area contributed by atoms with Gasteiger partial charge in [-0.05, 0) is 44.9 Å². The molecule has 2 fully saturated rings. The highest BCUT2D eigenvalue weighted by molar-refractivity contribution is 5.69. The third-order valence-corrected chi connectivity index (χ3v) is 15.5. The quantitative estimate of drug-likeness (QED) is 0.0172. The number of aliphatic hydroxyl groups excluding tert-OH is 7. The lowest BCUT2D eigenvalue weighted by Gasteiger charge is -2.42. The number of aliphatic hydroxyl groups is 7. The van der Waals surface area contributed by atoms with Gasteiger partial charge in [0.25, 0.3) is 0 Å². The first-order valence-corrected chi connectivity index (χ1v) is 31.9. The van der Waals surface area contributed by atoms with E-state index in [0.29, 0.717) is 13.0 Å². The molecule has 0 bridgehead atoms. The topological polar surface area (TPSA) is 214 Å². The van der Waals surface area contributed by atoms with E-state index in [0.717, 1.165) is 51.4 Å². The second kappa shape index (κ2) is 50.2. The summed E-state index contributed by atoms with van der Waals surface area (Å²) in [5, 5.41) is 72.5. The number of carbonyl (C=O) groups is 1. The summed E-state index contributed by atoms with van der Waals surface area (Å²) in [5.74, 6) is -0.375. The van der Waals surface area contributed by atoms with Crippen molar-refractivity contribution in [1.82, 2.24) is 0 Å². The Morgan fingerprint density at radius 1 is 0.429 bits per heavy atom. The first kappa shape index (κ1) is 71.6. The van der Waals surface area contributed by atoms with Crippen molar-refractivity contribution >= 4 is 5.97 Å². The highest BCUT2D eigenvalue weighted by Gasteiger charge is 2.47. The summed E-state index contributed by atoms with van der Waals surface area (Å²) >= 11 is 0. The summed E-state index contributed by atoms with van der Waals surface area (Å²) in [5.41, 5.74) is 0. The number of rotatable bonds is 53. The molecule has 0 aromatic rings. The van der Waals surface area contributed by atoms with E-state index >= 15 is 0 Å². The van der Waals surface area contributed by atoms with Crippen LogP contribution in [0.3, 0.4) is 0 Å². The summed E-state index contributed by atoms with van der Waals surface area (Å²) in [6.07, 6.45) is 42.4. The molecule has 2 aliphatic rings. The fraction of sp³-hybridized carbons (Fsp3) is 0.921. The molecule has 2 saturated heterocycles. The number of ether oxygens (including phenoxy) is 6. The second-order valence-corrected chi connectivity index (χ2v) is 22.6. The minimum atomic E-state index is -1.71. The van der Waals surface area contributed by atoms with Gasteiger partial charge in [0, 0.05) is 13.0 Å². The second-order valence-electron chi connectivity index (χ2n) is 22.6. The molecule has 14 heteroatoms. The molecular weight excluding hydrogens is 981 g/mol. The van der Waals surface area contributed by atoms with Gasteiger partial charge in [0.15, 0.2) is 12.6 Å². The van der Waals surface area contributed by atoms with Crippen LogP contribution in [0.25, 0.3) is 0 Å². The molecule has 0 spiro atoms. The molecule has 0 aromatic heterocycles. The smallest absolute Gasteiger partial charge is 0.306 e. The predicted molar refractivity (Wildman–Crippen MR) is 307 cm³/mol. The van der Waals surface area contributed by atoms with Crippen LogP contribution < -0.4 is 0 Å². The van der Waals surface area contributed by atoms with Crippen LogP contribution in [0.2, 0.25) is 0 Å². The third-order valence-electron chi connectivity index (χ3n) is 15.5. The number of unbranched alkanes of at least 4 members (excludes halogenated alkanes) is 35. The monoisotopic (exact) mass is 1100 g/mol. The van der Waals surface area contributed by atoms with Crippen molar-refractivity contribution in [2.45, 2.75) is 338 Å². The van der Waals surface area contributed by atoms with E-state index in [2.05, 4.69) is 38.2 Å². The van der Waals surface area contributed by atoms with Crippen molar-refractivity contribution in [1.29, 1.82) is 0 Å². The van der Waals surface area contributed by atoms with Crippen LogP contribution in [0.4, 0.5) is 0 Å². The molecule has 2 aliphatic heterocycles. The normalized spacial score (nSPS) is 24.4. The van der Waals surface area contributed by atoms with Crippen molar-refractivity contribution in [2.24, 2.45) is 0 Å². The molecule has 0 aromatic carbocycles. The molecule has 0 radical (unpaired) electrons.